The average molecular weight is 229 g/mol. The van der Waals surface area contributed by atoms with Gasteiger partial charge in [-0.25, -0.2) is 4.98 Å². The maximum absolute atomic E-state index is 5.79. The topological polar surface area (TPSA) is 43.8 Å². The van der Waals surface area contributed by atoms with Gasteiger partial charge >= 0.3 is 0 Å². The summed E-state index contributed by atoms with van der Waals surface area (Å²) in [6, 6.07) is 6.35. The minimum Gasteiger partial charge on any atom is -0.331 e. The standard InChI is InChI=1S/C14H19N3/c1-3-7-17-8-6-16-14(17)13-9-11(2)4-5-12(13)10-15/h4-6,8-9H,3,7,10,15H2,1-2H3. The van der Waals surface area contributed by atoms with Crippen molar-refractivity contribution >= 4 is 0 Å². The molecule has 0 unspecified atom stereocenters. The number of nitrogens with two attached hydrogens (primary N) is 1. The molecule has 3 nitrogen and oxygen atoms in total. The molecule has 0 saturated heterocycles. The van der Waals surface area contributed by atoms with Crippen LogP contribution in [0.2, 0.25) is 0 Å². The third-order valence-corrected chi connectivity index (χ3v) is 2.91. The molecule has 0 fully saturated rings. The number of rotatable bonds is 4. The van der Waals surface area contributed by atoms with Crippen LogP contribution in [-0.2, 0) is 13.1 Å². The van der Waals surface area contributed by atoms with E-state index in [2.05, 4.69) is 41.6 Å². The molecule has 1 heterocycles. The molecule has 2 rings (SSSR count). The molecule has 0 aliphatic heterocycles. The van der Waals surface area contributed by atoms with Crippen LogP contribution in [0.5, 0.6) is 0 Å². The Hall–Kier alpha value is -1.61. The predicted molar refractivity (Wildman–Crippen MR) is 70.6 cm³/mol. The Bertz CT molecular complexity index is 500. The van der Waals surface area contributed by atoms with Crippen molar-refractivity contribution in [2.75, 3.05) is 0 Å². The zero-order valence-electron chi connectivity index (χ0n) is 10.5. The smallest absolute Gasteiger partial charge is 0.140 e. The Morgan fingerprint density at radius 1 is 1.35 bits per heavy atom. The molecule has 1 aromatic carbocycles. The third-order valence-electron chi connectivity index (χ3n) is 2.91. The van der Waals surface area contributed by atoms with Crippen molar-refractivity contribution in [1.29, 1.82) is 0 Å². The Morgan fingerprint density at radius 3 is 2.88 bits per heavy atom. The van der Waals surface area contributed by atoms with Crippen molar-refractivity contribution < 1.29 is 0 Å². The van der Waals surface area contributed by atoms with Crippen LogP contribution in [0.15, 0.2) is 30.6 Å². The summed E-state index contributed by atoms with van der Waals surface area (Å²) >= 11 is 0. The first-order valence-corrected chi connectivity index (χ1v) is 6.07. The van der Waals surface area contributed by atoms with Gasteiger partial charge in [0.25, 0.3) is 0 Å². The Labute approximate surface area is 102 Å². The Kier molecular flexibility index (Phi) is 3.59. The number of benzene rings is 1. The second kappa shape index (κ2) is 5.15. The van der Waals surface area contributed by atoms with Gasteiger partial charge in [0.2, 0.25) is 0 Å². The van der Waals surface area contributed by atoms with E-state index in [9.17, 15) is 0 Å². The van der Waals surface area contributed by atoms with Gasteiger partial charge in [-0.15, -0.1) is 0 Å². The fourth-order valence-corrected chi connectivity index (χ4v) is 2.05. The lowest BCUT2D eigenvalue weighted by atomic mass is 10.0. The van der Waals surface area contributed by atoms with Crippen LogP contribution in [0.1, 0.15) is 24.5 Å². The van der Waals surface area contributed by atoms with Crippen LogP contribution in [-0.4, -0.2) is 9.55 Å². The van der Waals surface area contributed by atoms with Crippen molar-refractivity contribution in [2.45, 2.75) is 33.4 Å². The van der Waals surface area contributed by atoms with Crippen LogP contribution in [0, 0.1) is 6.92 Å². The van der Waals surface area contributed by atoms with Gasteiger partial charge in [-0.3, -0.25) is 0 Å². The molecule has 0 atom stereocenters. The van der Waals surface area contributed by atoms with Crippen molar-refractivity contribution in [1.82, 2.24) is 9.55 Å². The first-order chi connectivity index (χ1) is 8.26. The van der Waals surface area contributed by atoms with Crippen molar-refractivity contribution in [2.24, 2.45) is 5.73 Å². The molecule has 0 spiro atoms. The number of aryl methyl sites for hydroxylation is 2. The van der Waals surface area contributed by atoms with Gasteiger partial charge in [0.15, 0.2) is 0 Å². The first-order valence-electron chi connectivity index (χ1n) is 6.07. The summed E-state index contributed by atoms with van der Waals surface area (Å²) in [4.78, 5) is 4.46. The van der Waals surface area contributed by atoms with Crippen molar-refractivity contribution in [3.63, 3.8) is 0 Å². The van der Waals surface area contributed by atoms with Gasteiger partial charge in [0.05, 0.1) is 0 Å². The molecule has 2 aromatic rings. The largest absolute Gasteiger partial charge is 0.331 e. The zero-order chi connectivity index (χ0) is 12.3. The molecular formula is C14H19N3. The summed E-state index contributed by atoms with van der Waals surface area (Å²) in [6.07, 6.45) is 4.99. The van der Waals surface area contributed by atoms with Gasteiger partial charge in [-0.05, 0) is 25.0 Å². The molecule has 1 aromatic heterocycles. The molecule has 0 aliphatic rings. The van der Waals surface area contributed by atoms with Crippen LogP contribution < -0.4 is 5.73 Å². The van der Waals surface area contributed by atoms with Gasteiger partial charge in [-0.1, -0.05) is 24.6 Å². The molecular weight excluding hydrogens is 210 g/mol. The van der Waals surface area contributed by atoms with E-state index in [4.69, 9.17) is 5.73 Å². The lowest BCUT2D eigenvalue weighted by molar-refractivity contribution is 0.685. The Morgan fingerprint density at radius 2 is 2.18 bits per heavy atom. The highest BCUT2D eigenvalue weighted by Gasteiger charge is 2.09. The van der Waals surface area contributed by atoms with Crippen molar-refractivity contribution in [3.05, 3.63) is 41.7 Å². The maximum atomic E-state index is 5.79. The minimum absolute atomic E-state index is 0.550. The predicted octanol–water partition coefficient (Wildman–Crippen LogP) is 2.73. The van der Waals surface area contributed by atoms with E-state index in [0.717, 1.165) is 29.9 Å². The molecule has 0 aliphatic carbocycles. The molecule has 90 valence electrons. The summed E-state index contributed by atoms with van der Waals surface area (Å²) in [6.45, 7) is 5.81. The van der Waals surface area contributed by atoms with E-state index in [1.807, 2.05) is 12.4 Å². The Balaban J connectivity index is 2.51. The van der Waals surface area contributed by atoms with E-state index in [-0.39, 0.29) is 0 Å². The first kappa shape index (κ1) is 11.9. The monoisotopic (exact) mass is 229 g/mol. The number of nitrogens with zero attached hydrogens (tertiary/aromatic N) is 2. The lowest BCUT2D eigenvalue weighted by Gasteiger charge is -2.11. The third kappa shape index (κ3) is 2.39. The van der Waals surface area contributed by atoms with E-state index in [0.29, 0.717) is 6.54 Å². The average Bonchev–Trinajstić information content (AvgIpc) is 2.77. The lowest BCUT2D eigenvalue weighted by Crippen LogP contribution is -2.04. The highest BCUT2D eigenvalue weighted by molar-refractivity contribution is 5.62. The van der Waals surface area contributed by atoms with Crippen LogP contribution in [0.25, 0.3) is 11.4 Å². The van der Waals surface area contributed by atoms with Crippen LogP contribution in [0.4, 0.5) is 0 Å². The summed E-state index contributed by atoms with van der Waals surface area (Å²) in [5.74, 6) is 1.02. The van der Waals surface area contributed by atoms with E-state index >= 15 is 0 Å². The van der Waals surface area contributed by atoms with Gasteiger partial charge in [0, 0.05) is 31.0 Å². The van der Waals surface area contributed by atoms with E-state index in [1.165, 1.54) is 5.56 Å². The zero-order valence-corrected chi connectivity index (χ0v) is 10.5. The molecule has 3 heteroatoms. The number of imidazole rings is 1. The summed E-state index contributed by atoms with van der Waals surface area (Å²) in [5, 5.41) is 0. The molecule has 0 bridgehead atoms. The number of aromatic nitrogens is 2. The molecule has 17 heavy (non-hydrogen) atoms. The molecule has 0 amide bonds. The maximum Gasteiger partial charge on any atom is 0.140 e. The molecule has 0 radical (unpaired) electrons. The fraction of sp³-hybridized carbons (Fsp3) is 0.357. The number of hydrogen-bond donors (Lipinski definition) is 1. The second-order valence-electron chi connectivity index (χ2n) is 4.31. The van der Waals surface area contributed by atoms with E-state index < -0.39 is 0 Å². The van der Waals surface area contributed by atoms with Gasteiger partial charge in [0.1, 0.15) is 5.82 Å². The fourth-order valence-electron chi connectivity index (χ4n) is 2.05. The quantitative estimate of drug-likeness (QED) is 0.876. The van der Waals surface area contributed by atoms with E-state index in [1.54, 1.807) is 0 Å². The summed E-state index contributed by atoms with van der Waals surface area (Å²) in [7, 11) is 0. The van der Waals surface area contributed by atoms with Gasteiger partial charge < -0.3 is 10.3 Å². The second-order valence-corrected chi connectivity index (χ2v) is 4.31. The normalized spacial score (nSPS) is 10.8. The molecule has 0 saturated carbocycles. The summed E-state index contributed by atoms with van der Waals surface area (Å²) in [5.41, 5.74) is 9.34. The highest BCUT2D eigenvalue weighted by Crippen LogP contribution is 2.23. The molecule has 2 N–H and O–H groups in total. The number of hydrogen-bond acceptors (Lipinski definition) is 2. The van der Waals surface area contributed by atoms with Crippen LogP contribution in [0.3, 0.4) is 0 Å². The SMILES string of the molecule is CCCn1ccnc1-c1cc(C)ccc1CN. The van der Waals surface area contributed by atoms with Crippen LogP contribution >= 0.6 is 0 Å². The summed E-state index contributed by atoms with van der Waals surface area (Å²) < 4.78 is 2.19. The van der Waals surface area contributed by atoms with Gasteiger partial charge in [-0.2, -0.15) is 0 Å². The van der Waals surface area contributed by atoms with Crippen molar-refractivity contribution in [3.8, 4) is 11.4 Å². The minimum atomic E-state index is 0.550. The highest BCUT2D eigenvalue weighted by atomic mass is 15.1.